The quantitative estimate of drug-likeness (QED) is 0.404. The highest BCUT2D eigenvalue weighted by Gasteiger charge is 2.35. The normalized spacial score (nSPS) is 31.2. The van der Waals surface area contributed by atoms with Gasteiger partial charge in [-0.05, 0) is 17.7 Å². The zero-order chi connectivity index (χ0) is 12.4. The highest BCUT2D eigenvalue weighted by molar-refractivity contribution is 5.27. The van der Waals surface area contributed by atoms with Gasteiger partial charge in [0.15, 0.2) is 0 Å². The van der Waals surface area contributed by atoms with Gasteiger partial charge in [0, 0.05) is 19.9 Å². The average molecular weight is 249 g/mol. The van der Waals surface area contributed by atoms with Gasteiger partial charge < -0.3 is 5.11 Å². The third-order valence-electron chi connectivity index (χ3n) is 3.46. The van der Waals surface area contributed by atoms with Crippen molar-refractivity contribution >= 4 is 0 Å². The molecule has 2 fully saturated rings. The van der Waals surface area contributed by atoms with Crippen LogP contribution in [0.5, 0.6) is 5.75 Å². The number of phenols is 1. The van der Waals surface area contributed by atoms with E-state index in [2.05, 4.69) is 26.6 Å². The van der Waals surface area contributed by atoms with Crippen LogP contribution in [0.4, 0.5) is 0 Å². The molecule has 0 saturated carbocycles. The van der Waals surface area contributed by atoms with Crippen LogP contribution in [0.1, 0.15) is 5.56 Å². The molecule has 18 heavy (non-hydrogen) atoms. The second-order valence-corrected chi connectivity index (χ2v) is 4.70. The minimum absolute atomic E-state index is 0.216. The van der Waals surface area contributed by atoms with E-state index in [0.717, 1.165) is 25.4 Å². The van der Waals surface area contributed by atoms with Gasteiger partial charge in [0.05, 0.1) is 18.4 Å². The maximum Gasteiger partial charge on any atom is 0.115 e. The lowest BCUT2D eigenvalue weighted by Crippen LogP contribution is -2.68. The summed E-state index contributed by atoms with van der Waals surface area (Å²) in [6.45, 7) is 2.35. The van der Waals surface area contributed by atoms with Crippen LogP contribution < -0.4 is 26.6 Å². The van der Waals surface area contributed by atoms with Crippen molar-refractivity contribution in [2.24, 2.45) is 0 Å². The second-order valence-electron chi connectivity index (χ2n) is 4.70. The molecular formula is C12H19N5O. The molecule has 0 radical (unpaired) electrons. The summed E-state index contributed by atoms with van der Waals surface area (Å²) in [6, 6.07) is 7.67. The van der Waals surface area contributed by atoms with E-state index in [1.54, 1.807) is 12.1 Å². The summed E-state index contributed by atoms with van der Waals surface area (Å²) in [5, 5.41) is 26.4. The number of phenolic OH excluding ortho intramolecular Hbond substituents is 1. The Morgan fingerprint density at radius 2 is 2.00 bits per heavy atom. The van der Waals surface area contributed by atoms with Gasteiger partial charge in [0.1, 0.15) is 5.75 Å². The molecule has 0 aliphatic carbocycles. The Morgan fingerprint density at radius 1 is 1.17 bits per heavy atom. The number of hydrogen-bond donors (Lipinski definition) is 6. The summed E-state index contributed by atoms with van der Waals surface area (Å²) in [4.78, 5) is 0. The van der Waals surface area contributed by atoms with Crippen molar-refractivity contribution in [2.45, 2.75) is 24.9 Å². The molecule has 6 heteroatoms. The molecule has 2 aliphatic rings. The highest BCUT2D eigenvalue weighted by Crippen LogP contribution is 2.11. The largest absolute Gasteiger partial charge is 0.508 e. The van der Waals surface area contributed by atoms with E-state index in [9.17, 15) is 5.11 Å². The minimum Gasteiger partial charge on any atom is -0.508 e. The van der Waals surface area contributed by atoms with Gasteiger partial charge in [-0.1, -0.05) is 12.1 Å². The second kappa shape index (κ2) is 5.21. The summed E-state index contributed by atoms with van der Waals surface area (Å²) < 4.78 is 0. The highest BCUT2D eigenvalue weighted by atomic mass is 16.3. The molecule has 0 bridgehead atoms. The van der Waals surface area contributed by atoms with Crippen molar-refractivity contribution in [3.63, 3.8) is 0 Å². The van der Waals surface area contributed by atoms with Gasteiger partial charge in [-0.15, -0.1) is 0 Å². The fourth-order valence-corrected chi connectivity index (χ4v) is 2.54. The standard InChI is InChI=1S/C12H19N5O/c18-9-3-1-2-8(4-9)5-13-11-10-12(15-6-14-10)17-7-16-11/h1-4,10-18H,5-7H2. The van der Waals surface area contributed by atoms with Gasteiger partial charge in [-0.2, -0.15) is 0 Å². The minimum atomic E-state index is 0.216. The zero-order valence-electron chi connectivity index (χ0n) is 10.1. The van der Waals surface area contributed by atoms with Crippen LogP contribution in [-0.2, 0) is 6.54 Å². The van der Waals surface area contributed by atoms with E-state index in [4.69, 9.17) is 0 Å². The number of benzene rings is 1. The first-order valence-electron chi connectivity index (χ1n) is 6.28. The average Bonchev–Trinajstić information content (AvgIpc) is 2.85. The van der Waals surface area contributed by atoms with Crippen LogP contribution in [-0.4, -0.2) is 36.8 Å². The summed E-state index contributed by atoms with van der Waals surface area (Å²) in [6.07, 6.45) is 0.529. The number of aromatic hydroxyl groups is 1. The molecule has 3 atom stereocenters. The molecule has 2 aliphatic heterocycles. The molecule has 3 rings (SSSR count). The fourth-order valence-electron chi connectivity index (χ4n) is 2.54. The molecule has 2 saturated heterocycles. The molecule has 0 amide bonds. The SMILES string of the molecule is Oc1cccc(CNC2NCNC3NCNC32)c1. The van der Waals surface area contributed by atoms with Gasteiger partial charge in [0.25, 0.3) is 0 Å². The Bertz CT molecular complexity index is 413. The maximum atomic E-state index is 9.42. The van der Waals surface area contributed by atoms with Gasteiger partial charge in [-0.25, -0.2) is 0 Å². The Kier molecular flexibility index (Phi) is 3.44. The van der Waals surface area contributed by atoms with Crippen molar-refractivity contribution in [3.8, 4) is 5.75 Å². The molecule has 98 valence electrons. The number of fused-ring (bicyclic) bond motifs is 1. The van der Waals surface area contributed by atoms with E-state index in [-0.39, 0.29) is 6.17 Å². The molecule has 0 aromatic heterocycles. The van der Waals surface area contributed by atoms with Crippen LogP contribution in [0.25, 0.3) is 0 Å². The lowest BCUT2D eigenvalue weighted by atomic mass is 10.1. The predicted octanol–water partition coefficient (Wildman–Crippen LogP) is -1.20. The van der Waals surface area contributed by atoms with Crippen LogP contribution in [0, 0.1) is 0 Å². The topological polar surface area (TPSA) is 80.4 Å². The van der Waals surface area contributed by atoms with E-state index < -0.39 is 0 Å². The first-order chi connectivity index (χ1) is 8.83. The van der Waals surface area contributed by atoms with Crippen LogP contribution >= 0.6 is 0 Å². The van der Waals surface area contributed by atoms with E-state index in [0.29, 0.717) is 18.0 Å². The monoisotopic (exact) mass is 249 g/mol. The number of hydrogen-bond acceptors (Lipinski definition) is 6. The summed E-state index contributed by atoms with van der Waals surface area (Å²) in [5.74, 6) is 0.311. The molecule has 1 aromatic rings. The summed E-state index contributed by atoms with van der Waals surface area (Å²) >= 11 is 0. The van der Waals surface area contributed by atoms with Crippen molar-refractivity contribution in [2.75, 3.05) is 13.3 Å². The number of rotatable bonds is 3. The Balaban J connectivity index is 1.59. The molecule has 3 unspecified atom stereocenters. The predicted molar refractivity (Wildman–Crippen MR) is 68.6 cm³/mol. The van der Waals surface area contributed by atoms with Crippen molar-refractivity contribution in [3.05, 3.63) is 29.8 Å². The molecule has 6 N–H and O–H groups in total. The Morgan fingerprint density at radius 3 is 2.83 bits per heavy atom. The molecule has 6 nitrogen and oxygen atoms in total. The fraction of sp³-hybridized carbons (Fsp3) is 0.500. The van der Waals surface area contributed by atoms with Crippen molar-refractivity contribution in [1.29, 1.82) is 0 Å². The third kappa shape index (κ3) is 2.47. The Hall–Kier alpha value is -1.18. The zero-order valence-corrected chi connectivity index (χ0v) is 10.1. The maximum absolute atomic E-state index is 9.42. The van der Waals surface area contributed by atoms with E-state index >= 15 is 0 Å². The van der Waals surface area contributed by atoms with Gasteiger partial charge in [0.2, 0.25) is 0 Å². The van der Waals surface area contributed by atoms with Crippen molar-refractivity contribution in [1.82, 2.24) is 26.6 Å². The van der Waals surface area contributed by atoms with E-state index in [1.165, 1.54) is 0 Å². The van der Waals surface area contributed by atoms with Crippen LogP contribution in [0.15, 0.2) is 24.3 Å². The lowest BCUT2D eigenvalue weighted by Gasteiger charge is -2.35. The van der Waals surface area contributed by atoms with Gasteiger partial charge >= 0.3 is 0 Å². The third-order valence-corrected chi connectivity index (χ3v) is 3.46. The van der Waals surface area contributed by atoms with Gasteiger partial charge in [-0.3, -0.25) is 26.6 Å². The summed E-state index contributed by atoms with van der Waals surface area (Å²) in [5.41, 5.74) is 1.08. The smallest absolute Gasteiger partial charge is 0.115 e. The first kappa shape index (κ1) is 11.9. The molecule has 2 heterocycles. The van der Waals surface area contributed by atoms with Crippen LogP contribution in [0.2, 0.25) is 0 Å². The van der Waals surface area contributed by atoms with Crippen LogP contribution in [0.3, 0.4) is 0 Å². The molecular weight excluding hydrogens is 230 g/mol. The van der Waals surface area contributed by atoms with E-state index in [1.807, 2.05) is 12.1 Å². The van der Waals surface area contributed by atoms with Crippen molar-refractivity contribution < 1.29 is 5.11 Å². The molecule has 0 spiro atoms. The molecule has 1 aromatic carbocycles. The lowest BCUT2D eigenvalue weighted by molar-refractivity contribution is 0.234. The first-order valence-corrected chi connectivity index (χ1v) is 6.28. The Labute approximate surface area is 106 Å². The number of nitrogens with one attached hydrogen (secondary N) is 5. The summed E-state index contributed by atoms with van der Waals surface area (Å²) in [7, 11) is 0.